The number of rotatable bonds is 1. The lowest BCUT2D eigenvalue weighted by molar-refractivity contribution is 0.138. The smallest absolute Gasteiger partial charge is 0.166 e. The van der Waals surface area contributed by atoms with Gasteiger partial charge in [0.2, 0.25) is 0 Å². The lowest BCUT2D eigenvalue weighted by Gasteiger charge is -2.22. The van der Waals surface area contributed by atoms with Crippen LogP contribution in [0.1, 0.15) is 22.9 Å². The SMILES string of the molecule is Nc1ccc(C2=NNC(O)c3ccccc32)cc1. The third kappa shape index (κ3) is 1.72. The second-order valence-corrected chi connectivity index (χ2v) is 4.20. The summed E-state index contributed by atoms with van der Waals surface area (Å²) in [5, 5.41) is 14.1. The fraction of sp³-hybridized carbons (Fsp3) is 0.0714. The number of benzene rings is 2. The van der Waals surface area contributed by atoms with E-state index in [-0.39, 0.29) is 0 Å². The molecule has 4 heteroatoms. The highest BCUT2D eigenvalue weighted by Crippen LogP contribution is 2.24. The molecule has 0 amide bonds. The Bertz CT molecular complexity index is 605. The number of aliphatic hydroxyl groups is 1. The summed E-state index contributed by atoms with van der Waals surface area (Å²) in [5.41, 5.74) is 12.7. The summed E-state index contributed by atoms with van der Waals surface area (Å²) in [5.74, 6) is 0. The van der Waals surface area contributed by atoms with Crippen molar-refractivity contribution in [2.45, 2.75) is 6.23 Å². The Morgan fingerprint density at radius 2 is 1.78 bits per heavy atom. The molecule has 0 fully saturated rings. The van der Waals surface area contributed by atoms with Gasteiger partial charge in [0.15, 0.2) is 6.23 Å². The molecule has 18 heavy (non-hydrogen) atoms. The molecule has 1 atom stereocenters. The van der Waals surface area contributed by atoms with E-state index in [0.717, 1.165) is 28.1 Å². The molecule has 4 N–H and O–H groups in total. The average Bonchev–Trinajstić information content (AvgIpc) is 2.41. The van der Waals surface area contributed by atoms with Gasteiger partial charge in [-0.2, -0.15) is 5.10 Å². The van der Waals surface area contributed by atoms with Crippen LogP contribution in [-0.2, 0) is 0 Å². The highest BCUT2D eigenvalue weighted by molar-refractivity contribution is 6.14. The first kappa shape index (κ1) is 10.8. The number of nitrogen functional groups attached to an aromatic ring is 1. The molecule has 0 radical (unpaired) electrons. The second-order valence-electron chi connectivity index (χ2n) is 4.20. The Morgan fingerprint density at radius 3 is 2.56 bits per heavy atom. The van der Waals surface area contributed by atoms with E-state index in [0.29, 0.717) is 0 Å². The molecule has 1 unspecified atom stereocenters. The predicted octanol–water partition coefficient (Wildman–Crippen LogP) is 1.62. The monoisotopic (exact) mass is 239 g/mol. The maximum atomic E-state index is 9.83. The number of nitrogens with one attached hydrogen (secondary N) is 1. The normalized spacial score (nSPS) is 17.6. The van der Waals surface area contributed by atoms with Gasteiger partial charge >= 0.3 is 0 Å². The summed E-state index contributed by atoms with van der Waals surface area (Å²) >= 11 is 0. The van der Waals surface area contributed by atoms with Crippen molar-refractivity contribution in [1.82, 2.24) is 5.43 Å². The highest BCUT2D eigenvalue weighted by Gasteiger charge is 2.20. The first-order valence-corrected chi connectivity index (χ1v) is 5.72. The van der Waals surface area contributed by atoms with Crippen molar-refractivity contribution < 1.29 is 5.11 Å². The number of hydrogen-bond donors (Lipinski definition) is 3. The molecule has 0 spiro atoms. The van der Waals surface area contributed by atoms with Crippen molar-refractivity contribution in [2.24, 2.45) is 5.10 Å². The number of fused-ring (bicyclic) bond motifs is 1. The molecule has 4 nitrogen and oxygen atoms in total. The Labute approximate surface area is 105 Å². The number of nitrogens with zero attached hydrogens (tertiary/aromatic N) is 1. The number of hydrogen-bond acceptors (Lipinski definition) is 4. The topological polar surface area (TPSA) is 70.6 Å². The summed E-state index contributed by atoms with van der Waals surface area (Å²) in [7, 11) is 0. The Morgan fingerprint density at radius 1 is 1.06 bits per heavy atom. The van der Waals surface area contributed by atoms with E-state index in [9.17, 15) is 5.11 Å². The molecule has 1 aliphatic heterocycles. The summed E-state index contributed by atoms with van der Waals surface area (Å²) < 4.78 is 0. The van der Waals surface area contributed by atoms with E-state index >= 15 is 0 Å². The molecule has 90 valence electrons. The van der Waals surface area contributed by atoms with Crippen molar-refractivity contribution in [2.75, 3.05) is 5.73 Å². The number of aliphatic hydroxyl groups excluding tert-OH is 1. The van der Waals surface area contributed by atoms with Crippen molar-refractivity contribution >= 4 is 11.4 Å². The number of hydrazone groups is 1. The zero-order valence-electron chi connectivity index (χ0n) is 9.67. The first-order chi connectivity index (χ1) is 8.75. The first-order valence-electron chi connectivity index (χ1n) is 5.72. The van der Waals surface area contributed by atoms with Gasteiger partial charge in [-0.05, 0) is 12.1 Å². The van der Waals surface area contributed by atoms with Crippen LogP contribution >= 0.6 is 0 Å². The van der Waals surface area contributed by atoms with Gasteiger partial charge in [-0.15, -0.1) is 0 Å². The van der Waals surface area contributed by atoms with Crippen molar-refractivity contribution in [3.05, 3.63) is 65.2 Å². The van der Waals surface area contributed by atoms with E-state index in [1.807, 2.05) is 48.5 Å². The van der Waals surface area contributed by atoms with Crippen LogP contribution < -0.4 is 11.2 Å². The minimum absolute atomic E-state index is 0.719. The third-order valence-corrected chi connectivity index (χ3v) is 2.99. The van der Waals surface area contributed by atoms with E-state index < -0.39 is 6.23 Å². The summed E-state index contributed by atoms with van der Waals surface area (Å²) in [6.45, 7) is 0. The van der Waals surface area contributed by atoms with Crippen molar-refractivity contribution in [1.29, 1.82) is 0 Å². The van der Waals surface area contributed by atoms with Crippen LogP contribution in [0, 0.1) is 0 Å². The fourth-order valence-corrected chi connectivity index (χ4v) is 2.07. The fourth-order valence-electron chi connectivity index (χ4n) is 2.07. The van der Waals surface area contributed by atoms with E-state index in [4.69, 9.17) is 5.73 Å². The van der Waals surface area contributed by atoms with Gasteiger partial charge in [-0.25, -0.2) is 0 Å². The van der Waals surface area contributed by atoms with Gasteiger partial charge in [0.05, 0.1) is 5.71 Å². The summed E-state index contributed by atoms with van der Waals surface area (Å²) in [4.78, 5) is 0. The molecule has 0 saturated heterocycles. The minimum Gasteiger partial charge on any atom is -0.399 e. The maximum Gasteiger partial charge on any atom is 0.166 e. The Balaban J connectivity index is 2.11. The molecule has 2 aromatic rings. The zero-order valence-corrected chi connectivity index (χ0v) is 9.67. The minimum atomic E-state index is -0.751. The Hall–Kier alpha value is -2.33. The van der Waals surface area contributed by atoms with Crippen LogP contribution in [0.3, 0.4) is 0 Å². The van der Waals surface area contributed by atoms with Gasteiger partial charge in [0.25, 0.3) is 0 Å². The number of anilines is 1. The standard InChI is InChI=1S/C14H13N3O/c15-10-7-5-9(6-8-10)13-11-3-1-2-4-12(11)14(18)17-16-13/h1-8,14,17-18H,15H2. The summed E-state index contributed by atoms with van der Waals surface area (Å²) in [6.07, 6.45) is -0.751. The van der Waals surface area contributed by atoms with Crippen LogP contribution in [0.5, 0.6) is 0 Å². The third-order valence-electron chi connectivity index (χ3n) is 2.99. The van der Waals surface area contributed by atoms with Gasteiger partial charge in [0.1, 0.15) is 0 Å². The molecule has 0 aromatic heterocycles. The Kier molecular flexibility index (Phi) is 2.50. The largest absolute Gasteiger partial charge is 0.399 e. The average molecular weight is 239 g/mol. The lowest BCUT2D eigenvalue weighted by atomic mass is 9.95. The molecule has 2 aromatic carbocycles. The van der Waals surface area contributed by atoms with Crippen LogP contribution in [-0.4, -0.2) is 10.8 Å². The van der Waals surface area contributed by atoms with Gasteiger partial charge in [0, 0.05) is 22.4 Å². The molecule has 1 aliphatic rings. The molecule has 0 bridgehead atoms. The van der Waals surface area contributed by atoms with Crippen LogP contribution in [0.15, 0.2) is 53.6 Å². The molecule has 3 rings (SSSR count). The van der Waals surface area contributed by atoms with Crippen LogP contribution in [0.25, 0.3) is 0 Å². The van der Waals surface area contributed by atoms with E-state index in [2.05, 4.69) is 10.5 Å². The molecule has 0 saturated carbocycles. The van der Waals surface area contributed by atoms with E-state index in [1.54, 1.807) is 0 Å². The lowest BCUT2D eigenvalue weighted by Crippen LogP contribution is -2.26. The maximum absolute atomic E-state index is 9.83. The highest BCUT2D eigenvalue weighted by atomic mass is 16.3. The molecular formula is C14H13N3O. The second kappa shape index (κ2) is 4.16. The van der Waals surface area contributed by atoms with Gasteiger partial charge in [-0.3, -0.25) is 5.43 Å². The zero-order chi connectivity index (χ0) is 12.5. The predicted molar refractivity (Wildman–Crippen MR) is 71.0 cm³/mol. The van der Waals surface area contributed by atoms with Crippen molar-refractivity contribution in [3.8, 4) is 0 Å². The molecule has 1 heterocycles. The molecular weight excluding hydrogens is 226 g/mol. The van der Waals surface area contributed by atoms with Crippen LogP contribution in [0.4, 0.5) is 5.69 Å². The molecule has 0 aliphatic carbocycles. The quantitative estimate of drug-likeness (QED) is 0.662. The number of nitrogens with two attached hydrogens (primary N) is 1. The summed E-state index contributed by atoms with van der Waals surface area (Å²) in [6, 6.07) is 15.2. The van der Waals surface area contributed by atoms with Gasteiger partial charge in [-0.1, -0.05) is 36.4 Å². The van der Waals surface area contributed by atoms with E-state index in [1.165, 1.54) is 0 Å². The van der Waals surface area contributed by atoms with Gasteiger partial charge < -0.3 is 10.8 Å². The van der Waals surface area contributed by atoms with Crippen molar-refractivity contribution in [3.63, 3.8) is 0 Å². The van der Waals surface area contributed by atoms with Crippen LogP contribution in [0.2, 0.25) is 0 Å².